The van der Waals surface area contributed by atoms with E-state index in [1.54, 1.807) is 29.6 Å². The molecule has 0 aliphatic heterocycles. The second-order valence-electron chi connectivity index (χ2n) is 14.7. The zero-order valence-corrected chi connectivity index (χ0v) is 37.7. The molecule has 0 aromatic heterocycles. The van der Waals surface area contributed by atoms with Gasteiger partial charge in [-0.25, -0.2) is 12.7 Å². The first kappa shape index (κ1) is 49.1. The van der Waals surface area contributed by atoms with Crippen LogP contribution in [-0.2, 0) is 59.5 Å². The molecule has 0 aliphatic carbocycles. The number of ether oxygens (including phenoxy) is 5. The smallest absolute Gasteiger partial charge is 0.323 e. The van der Waals surface area contributed by atoms with Gasteiger partial charge in [-0.15, -0.1) is 4.31 Å². The molecule has 4 aromatic carbocycles. The summed E-state index contributed by atoms with van der Waals surface area (Å²) in [6.07, 6.45) is 0.918. The molecule has 3 atom stereocenters. The number of nitrogen functional groups attached to an aromatic ring is 1. The average Bonchev–Trinajstić information content (AvgIpc) is 3.25. The molecule has 61 heavy (non-hydrogen) atoms. The number of rotatable bonds is 25. The zero-order chi connectivity index (χ0) is 45.0. The molecule has 0 fully saturated rings. The van der Waals surface area contributed by atoms with Crippen LogP contribution in [0.2, 0.25) is 0 Å². The van der Waals surface area contributed by atoms with Crippen LogP contribution < -0.4 is 21.1 Å². The van der Waals surface area contributed by atoms with Gasteiger partial charge >= 0.3 is 23.9 Å². The molecule has 0 radical (unpaired) electrons. The highest BCUT2D eigenvalue weighted by atomic mass is 32.2. The van der Waals surface area contributed by atoms with Crippen molar-refractivity contribution < 1.29 is 55.8 Å². The van der Waals surface area contributed by atoms with Gasteiger partial charge in [-0.1, -0.05) is 12.1 Å². The van der Waals surface area contributed by atoms with Crippen molar-refractivity contribution in [1.29, 1.82) is 0 Å². The highest BCUT2D eigenvalue weighted by Gasteiger charge is 2.32. The van der Waals surface area contributed by atoms with E-state index in [1.807, 2.05) is 26.2 Å². The largest absolute Gasteiger partial charge is 0.593 e. The predicted molar refractivity (Wildman–Crippen MR) is 232 cm³/mol. The summed E-state index contributed by atoms with van der Waals surface area (Å²) in [6, 6.07) is 8.49. The van der Waals surface area contributed by atoms with E-state index in [2.05, 4.69) is 20.3 Å². The molecule has 336 valence electrons. The number of nitrogens with two attached hydrogens (primary N) is 1. The van der Waals surface area contributed by atoms with Crippen LogP contribution in [0.5, 0.6) is 5.75 Å². The first-order chi connectivity index (χ1) is 29.0. The zero-order valence-electron chi connectivity index (χ0n) is 36.0. The van der Waals surface area contributed by atoms with Crippen LogP contribution >= 0.6 is 0 Å². The van der Waals surface area contributed by atoms with Gasteiger partial charge in [-0.2, -0.15) is 0 Å². The molecule has 4 aromatic rings. The third-order valence-electron chi connectivity index (χ3n) is 10.2. The van der Waals surface area contributed by atoms with Crippen molar-refractivity contribution in [2.45, 2.75) is 54.0 Å². The molecule has 0 bridgehead atoms. The Hall–Kier alpha value is -4.54. The Morgan fingerprint density at radius 1 is 0.721 bits per heavy atom. The number of carbonyl (C=O) groups is 4. The Morgan fingerprint density at radius 2 is 1.25 bits per heavy atom. The quantitative estimate of drug-likeness (QED) is 0.0216. The van der Waals surface area contributed by atoms with Gasteiger partial charge in [-0.3, -0.25) is 19.2 Å². The summed E-state index contributed by atoms with van der Waals surface area (Å²) in [6.45, 7) is 1.93. The Labute approximate surface area is 360 Å². The maximum absolute atomic E-state index is 14.6. The van der Waals surface area contributed by atoms with Gasteiger partial charge in [0.25, 0.3) is 0 Å². The number of anilines is 1. The number of sulfonamides is 1. The summed E-state index contributed by atoms with van der Waals surface area (Å²) in [5.74, 6) is -1.94. The Morgan fingerprint density at radius 3 is 1.80 bits per heavy atom. The Kier molecular flexibility index (Phi) is 18.1. The second kappa shape index (κ2) is 22.5. The van der Waals surface area contributed by atoms with E-state index in [9.17, 15) is 32.1 Å². The number of esters is 4. The second-order valence-corrected chi connectivity index (χ2v) is 18.2. The SMILES string of the molecule is COC(=O)CC(NCCCN(C)[S@+]([O-])c1cc(S(=O)(=O)N(C)CCCNC(CC(=O)OC)C(=O)OC)c2ccc3c(OCCCN(C)C)cc(N)c4ccc1c2c43)C(=O)OC. The van der Waals surface area contributed by atoms with Gasteiger partial charge in [0.2, 0.25) is 10.0 Å². The number of hydrogen-bond donors (Lipinski definition) is 3. The van der Waals surface area contributed by atoms with Gasteiger partial charge < -0.3 is 49.5 Å². The molecular formula is C41H58N6O12S2. The third kappa shape index (κ3) is 12.1. The molecular weight excluding hydrogens is 833 g/mol. The van der Waals surface area contributed by atoms with E-state index < -0.39 is 57.3 Å². The van der Waals surface area contributed by atoms with Crippen LogP contribution in [0.15, 0.2) is 46.2 Å². The van der Waals surface area contributed by atoms with E-state index >= 15 is 0 Å². The highest BCUT2D eigenvalue weighted by molar-refractivity contribution is 7.90. The fraction of sp³-hybridized carbons (Fsp3) is 0.512. The Bertz CT molecular complexity index is 2260. The number of benzene rings is 4. The molecule has 0 saturated carbocycles. The fourth-order valence-electron chi connectivity index (χ4n) is 6.92. The molecule has 4 rings (SSSR count). The van der Waals surface area contributed by atoms with E-state index in [1.165, 1.54) is 45.9 Å². The van der Waals surface area contributed by atoms with Gasteiger partial charge in [-0.05, 0) is 58.6 Å². The standard InChI is InChI=1S/C41H58N6O12S2/c1-45(2)18-11-21-59-33-22-30(42)26-12-14-28-34(60(52)46(3)19-9-16-43-31(40(50)57-7)23-36(48)55-5)25-35(29-15-13-27(33)38(26)39(28)29)61(53,54)47(4)20-10-17-44-32(41(51)58-8)24-37(49)56-6/h12-15,22,25,31-32,43-44H,9-11,16-21,23-24,42H2,1-8H3/t31?,32?,60-/m1/s1. The third-order valence-corrected chi connectivity index (χ3v) is 13.6. The van der Waals surface area contributed by atoms with Gasteiger partial charge in [0.1, 0.15) is 17.8 Å². The lowest BCUT2D eigenvalue weighted by Gasteiger charge is -2.25. The average molecular weight is 891 g/mol. The lowest BCUT2D eigenvalue weighted by Crippen LogP contribution is -2.41. The van der Waals surface area contributed by atoms with Crippen molar-refractivity contribution in [1.82, 2.24) is 24.1 Å². The van der Waals surface area contributed by atoms with E-state index in [-0.39, 0.29) is 55.2 Å². The van der Waals surface area contributed by atoms with Crippen LogP contribution in [0.1, 0.15) is 32.1 Å². The minimum atomic E-state index is -4.26. The van der Waals surface area contributed by atoms with E-state index in [0.717, 1.165) is 18.4 Å². The molecule has 0 amide bonds. The summed E-state index contributed by atoms with van der Waals surface area (Å²) in [7, 11) is 7.64. The van der Waals surface area contributed by atoms with Crippen LogP contribution in [-0.4, -0.2) is 158 Å². The maximum Gasteiger partial charge on any atom is 0.323 e. The topological polar surface area (TPSA) is 231 Å². The van der Waals surface area contributed by atoms with Crippen LogP contribution in [0, 0.1) is 0 Å². The molecule has 0 saturated heterocycles. The minimum Gasteiger partial charge on any atom is -0.593 e. The van der Waals surface area contributed by atoms with Crippen LogP contribution in [0.3, 0.4) is 0 Å². The fourth-order valence-corrected chi connectivity index (χ4v) is 9.62. The predicted octanol–water partition coefficient (Wildman–Crippen LogP) is 2.24. The summed E-state index contributed by atoms with van der Waals surface area (Å²) in [5, 5.41) is 9.53. The summed E-state index contributed by atoms with van der Waals surface area (Å²) < 4.78 is 71.9. The first-order valence-electron chi connectivity index (χ1n) is 19.7. The summed E-state index contributed by atoms with van der Waals surface area (Å²) >= 11 is -1.90. The maximum atomic E-state index is 14.6. The van der Waals surface area contributed by atoms with Gasteiger partial charge in [0.05, 0.1) is 64.1 Å². The molecule has 0 spiro atoms. The normalized spacial score (nSPS) is 13.6. The van der Waals surface area contributed by atoms with E-state index in [4.69, 9.17) is 24.7 Å². The van der Waals surface area contributed by atoms with Crippen molar-refractivity contribution in [2.24, 2.45) is 0 Å². The van der Waals surface area contributed by atoms with Crippen LogP contribution in [0.4, 0.5) is 5.69 Å². The van der Waals surface area contributed by atoms with Crippen molar-refractivity contribution in [2.75, 3.05) is 102 Å². The highest BCUT2D eigenvalue weighted by Crippen LogP contribution is 2.45. The van der Waals surface area contributed by atoms with Crippen LogP contribution in [0.25, 0.3) is 32.3 Å². The summed E-state index contributed by atoms with van der Waals surface area (Å²) in [4.78, 5) is 50.5. The van der Waals surface area contributed by atoms with Crippen molar-refractivity contribution >= 4 is 83.3 Å². The lowest BCUT2D eigenvalue weighted by atomic mass is 9.93. The number of nitrogens with zero attached hydrogens (tertiary/aromatic N) is 3. The van der Waals surface area contributed by atoms with Crippen molar-refractivity contribution in [3.63, 3.8) is 0 Å². The Balaban J connectivity index is 1.73. The minimum absolute atomic E-state index is 0.0230. The van der Waals surface area contributed by atoms with Gasteiger partial charge in [0, 0.05) is 83.9 Å². The van der Waals surface area contributed by atoms with E-state index in [0.29, 0.717) is 51.4 Å². The van der Waals surface area contributed by atoms with Crippen molar-refractivity contribution in [3.8, 4) is 5.75 Å². The monoisotopic (exact) mass is 890 g/mol. The molecule has 18 nitrogen and oxygen atoms in total. The molecule has 20 heteroatoms. The molecule has 2 unspecified atom stereocenters. The molecule has 0 aliphatic rings. The lowest BCUT2D eigenvalue weighted by molar-refractivity contribution is -0.149. The number of carbonyl (C=O) groups excluding carboxylic acids is 4. The summed E-state index contributed by atoms with van der Waals surface area (Å²) in [5.41, 5.74) is 7.07. The number of methoxy groups -OCH3 is 4. The van der Waals surface area contributed by atoms with Gasteiger partial charge in [0.15, 0.2) is 4.90 Å². The number of nitrogens with one attached hydrogen (secondary N) is 2. The number of hydrogen-bond acceptors (Lipinski definition) is 17. The molecule has 0 heterocycles. The van der Waals surface area contributed by atoms with Crippen molar-refractivity contribution in [3.05, 3.63) is 36.4 Å². The molecule has 4 N–H and O–H groups in total. The first-order valence-corrected chi connectivity index (χ1v) is 22.2.